The van der Waals surface area contributed by atoms with E-state index in [9.17, 15) is 4.79 Å². The number of benzene rings is 2. The number of likely N-dealkylation sites (tertiary alicyclic amines) is 1. The van der Waals surface area contributed by atoms with Crippen LogP contribution in [-0.2, 0) is 4.79 Å². The molecule has 0 unspecified atom stereocenters. The van der Waals surface area contributed by atoms with E-state index in [1.165, 1.54) is 11.1 Å². The maximum Gasteiger partial charge on any atom is 0.234 e. The average Bonchev–Trinajstić information content (AvgIpc) is 3.08. The molecule has 0 radical (unpaired) electrons. The molecular formula is C25H32N2O3. The quantitative estimate of drug-likeness (QED) is 0.761. The van der Waals surface area contributed by atoms with Gasteiger partial charge in [0.05, 0.1) is 25.8 Å². The van der Waals surface area contributed by atoms with Crippen LogP contribution in [0.1, 0.15) is 61.4 Å². The molecule has 5 heteroatoms. The van der Waals surface area contributed by atoms with Crippen LogP contribution >= 0.6 is 0 Å². The number of fused-ring (bicyclic) bond motifs is 1. The van der Waals surface area contributed by atoms with E-state index in [0.29, 0.717) is 19.8 Å². The van der Waals surface area contributed by atoms with Crippen LogP contribution in [0.4, 0.5) is 0 Å². The smallest absolute Gasteiger partial charge is 0.234 e. The first kappa shape index (κ1) is 20.7. The molecule has 2 aromatic carbocycles. The van der Waals surface area contributed by atoms with Gasteiger partial charge in [-0.05, 0) is 56.0 Å². The van der Waals surface area contributed by atoms with E-state index >= 15 is 0 Å². The average molecular weight is 409 g/mol. The Hall–Kier alpha value is -2.53. The van der Waals surface area contributed by atoms with Crippen LogP contribution in [0.3, 0.4) is 0 Å². The fourth-order valence-corrected chi connectivity index (χ4v) is 4.42. The second-order valence-corrected chi connectivity index (χ2v) is 8.32. The zero-order valence-corrected chi connectivity index (χ0v) is 18.0. The number of ether oxygens (including phenoxy) is 2. The van der Waals surface area contributed by atoms with Gasteiger partial charge in [-0.15, -0.1) is 0 Å². The standard InChI is InChI=1S/C25H32N2O3/c1-3-21(19-9-7-18(2)8-10-19)26-25(28)17-27-13-4-6-22(27)20-11-12-23-24(16-20)30-15-5-14-29-23/h7-12,16,21-22H,3-6,13-15,17H2,1-2H3,(H,26,28)/t21-,22+/m1/s1. The van der Waals surface area contributed by atoms with E-state index in [0.717, 1.165) is 49.3 Å². The van der Waals surface area contributed by atoms with Crippen molar-refractivity contribution in [1.29, 1.82) is 0 Å². The van der Waals surface area contributed by atoms with Crippen molar-refractivity contribution < 1.29 is 14.3 Å². The molecular weight excluding hydrogens is 376 g/mol. The first-order valence-electron chi connectivity index (χ1n) is 11.1. The zero-order valence-electron chi connectivity index (χ0n) is 18.0. The molecule has 0 bridgehead atoms. The first-order chi connectivity index (χ1) is 14.6. The van der Waals surface area contributed by atoms with E-state index in [-0.39, 0.29) is 18.0 Å². The molecule has 30 heavy (non-hydrogen) atoms. The van der Waals surface area contributed by atoms with Gasteiger partial charge in [0.2, 0.25) is 5.91 Å². The third-order valence-corrected chi connectivity index (χ3v) is 6.09. The summed E-state index contributed by atoms with van der Waals surface area (Å²) in [6.45, 7) is 6.93. The molecule has 2 aromatic rings. The van der Waals surface area contributed by atoms with Crippen LogP contribution in [0, 0.1) is 6.92 Å². The van der Waals surface area contributed by atoms with Crippen molar-refractivity contribution in [3.05, 3.63) is 59.2 Å². The summed E-state index contributed by atoms with van der Waals surface area (Å²) in [7, 11) is 0. The molecule has 0 aliphatic carbocycles. The molecule has 4 rings (SSSR count). The van der Waals surface area contributed by atoms with Crippen molar-refractivity contribution in [3.63, 3.8) is 0 Å². The van der Waals surface area contributed by atoms with Crippen LogP contribution in [0.5, 0.6) is 11.5 Å². The molecule has 2 heterocycles. The van der Waals surface area contributed by atoms with E-state index in [1.54, 1.807) is 0 Å². The predicted molar refractivity (Wildman–Crippen MR) is 118 cm³/mol. The van der Waals surface area contributed by atoms with Gasteiger partial charge in [0.25, 0.3) is 0 Å². The van der Waals surface area contributed by atoms with Crippen molar-refractivity contribution in [3.8, 4) is 11.5 Å². The summed E-state index contributed by atoms with van der Waals surface area (Å²) in [5, 5.41) is 3.23. The molecule has 5 nitrogen and oxygen atoms in total. The monoisotopic (exact) mass is 408 g/mol. The molecule has 1 saturated heterocycles. The predicted octanol–water partition coefficient (Wildman–Crippen LogP) is 4.56. The third-order valence-electron chi connectivity index (χ3n) is 6.09. The topological polar surface area (TPSA) is 50.8 Å². The highest BCUT2D eigenvalue weighted by Crippen LogP contribution is 2.37. The molecule has 0 saturated carbocycles. The van der Waals surface area contributed by atoms with Gasteiger partial charge in [-0.1, -0.05) is 42.8 Å². The number of carbonyl (C=O) groups excluding carboxylic acids is 1. The van der Waals surface area contributed by atoms with E-state index < -0.39 is 0 Å². The number of amides is 1. The van der Waals surface area contributed by atoms with Gasteiger partial charge in [-0.25, -0.2) is 0 Å². The Labute approximate surface area is 179 Å². The molecule has 0 aromatic heterocycles. The largest absolute Gasteiger partial charge is 0.490 e. The Morgan fingerprint density at radius 3 is 2.63 bits per heavy atom. The molecule has 1 fully saturated rings. The van der Waals surface area contributed by atoms with Gasteiger partial charge in [-0.3, -0.25) is 9.69 Å². The summed E-state index contributed by atoms with van der Waals surface area (Å²) < 4.78 is 11.6. The Morgan fingerprint density at radius 2 is 1.87 bits per heavy atom. The lowest BCUT2D eigenvalue weighted by molar-refractivity contribution is -0.123. The van der Waals surface area contributed by atoms with Crippen LogP contribution in [0.2, 0.25) is 0 Å². The number of nitrogens with one attached hydrogen (secondary N) is 1. The van der Waals surface area contributed by atoms with Crippen LogP contribution in [0.25, 0.3) is 0 Å². The zero-order chi connectivity index (χ0) is 20.9. The van der Waals surface area contributed by atoms with Gasteiger partial charge < -0.3 is 14.8 Å². The lowest BCUT2D eigenvalue weighted by Gasteiger charge is -2.26. The highest BCUT2D eigenvalue weighted by Gasteiger charge is 2.29. The van der Waals surface area contributed by atoms with Crippen molar-refractivity contribution in [2.45, 2.75) is 51.6 Å². The normalized spacial score (nSPS) is 19.9. The Kier molecular flexibility index (Phi) is 6.58. The number of hydrogen-bond acceptors (Lipinski definition) is 4. The SMILES string of the molecule is CC[C@@H](NC(=O)CN1CCC[C@H]1c1ccc2c(c1)OCCCO2)c1ccc(C)cc1. The lowest BCUT2D eigenvalue weighted by Crippen LogP contribution is -2.38. The van der Waals surface area contributed by atoms with Crippen LogP contribution in [-0.4, -0.2) is 37.1 Å². The van der Waals surface area contributed by atoms with Gasteiger partial charge in [0.1, 0.15) is 0 Å². The number of hydrogen-bond donors (Lipinski definition) is 1. The number of carbonyl (C=O) groups is 1. The maximum atomic E-state index is 12.9. The minimum atomic E-state index is 0.0530. The molecule has 2 aliphatic rings. The van der Waals surface area contributed by atoms with Crippen LogP contribution in [0.15, 0.2) is 42.5 Å². The molecule has 2 aliphatic heterocycles. The fraction of sp³-hybridized carbons (Fsp3) is 0.480. The summed E-state index contributed by atoms with van der Waals surface area (Å²) in [4.78, 5) is 15.2. The van der Waals surface area contributed by atoms with Crippen molar-refractivity contribution in [2.75, 3.05) is 26.3 Å². The van der Waals surface area contributed by atoms with E-state index in [4.69, 9.17) is 9.47 Å². The maximum absolute atomic E-state index is 12.9. The van der Waals surface area contributed by atoms with Gasteiger partial charge in [-0.2, -0.15) is 0 Å². The van der Waals surface area contributed by atoms with E-state index in [2.05, 4.69) is 60.5 Å². The molecule has 2 atom stereocenters. The van der Waals surface area contributed by atoms with Gasteiger partial charge in [0.15, 0.2) is 11.5 Å². The summed E-state index contributed by atoms with van der Waals surface area (Å²) in [6, 6.07) is 15.0. The molecule has 0 spiro atoms. The second-order valence-electron chi connectivity index (χ2n) is 8.32. The summed E-state index contributed by atoms with van der Waals surface area (Å²) in [5.41, 5.74) is 3.60. The minimum absolute atomic E-state index is 0.0530. The minimum Gasteiger partial charge on any atom is -0.490 e. The molecule has 1 amide bonds. The van der Waals surface area contributed by atoms with Crippen molar-refractivity contribution in [2.24, 2.45) is 0 Å². The summed E-state index contributed by atoms with van der Waals surface area (Å²) in [6.07, 6.45) is 3.93. The lowest BCUT2D eigenvalue weighted by atomic mass is 10.0. The highest BCUT2D eigenvalue weighted by atomic mass is 16.5. The first-order valence-corrected chi connectivity index (χ1v) is 11.1. The second kappa shape index (κ2) is 9.52. The number of nitrogens with zero attached hydrogens (tertiary/aromatic N) is 1. The third kappa shape index (κ3) is 4.78. The van der Waals surface area contributed by atoms with Gasteiger partial charge in [0, 0.05) is 12.5 Å². The fourth-order valence-electron chi connectivity index (χ4n) is 4.42. The Balaban J connectivity index is 1.41. The Bertz CT molecular complexity index is 865. The number of aryl methyl sites for hydroxylation is 1. The summed E-state index contributed by atoms with van der Waals surface area (Å²) >= 11 is 0. The van der Waals surface area contributed by atoms with Crippen molar-refractivity contribution in [1.82, 2.24) is 10.2 Å². The van der Waals surface area contributed by atoms with E-state index in [1.807, 2.05) is 6.07 Å². The summed E-state index contributed by atoms with van der Waals surface area (Å²) in [5.74, 6) is 1.73. The van der Waals surface area contributed by atoms with Crippen molar-refractivity contribution >= 4 is 5.91 Å². The Morgan fingerprint density at radius 1 is 1.10 bits per heavy atom. The highest BCUT2D eigenvalue weighted by molar-refractivity contribution is 5.78. The number of rotatable bonds is 6. The van der Waals surface area contributed by atoms with Crippen LogP contribution < -0.4 is 14.8 Å². The molecule has 1 N–H and O–H groups in total. The van der Waals surface area contributed by atoms with Gasteiger partial charge >= 0.3 is 0 Å². The molecule has 160 valence electrons.